The van der Waals surface area contributed by atoms with Gasteiger partial charge in [0.05, 0.1) is 13.7 Å². The van der Waals surface area contributed by atoms with Crippen molar-refractivity contribution in [2.75, 3.05) is 34.0 Å². The second kappa shape index (κ2) is 13.1. The lowest BCUT2D eigenvalue weighted by molar-refractivity contribution is -0.121. The summed E-state index contributed by atoms with van der Waals surface area (Å²) in [4.78, 5) is 27.3. The topological polar surface area (TPSA) is 115 Å². The van der Waals surface area contributed by atoms with E-state index in [1.165, 1.54) is 12.7 Å². The average molecular weight is 467 g/mol. The Kier molecular flexibility index (Phi) is 9.60. The Hall–Kier alpha value is -3.72. The number of rotatable bonds is 13. The molecule has 1 amide bonds. The van der Waals surface area contributed by atoms with Crippen molar-refractivity contribution < 1.29 is 19.0 Å². The Balaban J connectivity index is 1.51. The van der Waals surface area contributed by atoms with Crippen LogP contribution >= 0.6 is 0 Å². The molecule has 34 heavy (non-hydrogen) atoms. The standard InChI is InChI=1S/C25H30N4O5/c1-32-15-16-34-21-12-10-19(17-22(21)33-2)24-27-25(31)20(28-29-24)11-13-23(30)26-14-6-9-18-7-4-3-5-8-18/h3-5,7-8,10,12,17H,6,9,11,13-16H2,1-2H3,(H,26,30)(H,27,29,31). The molecule has 3 aromatic rings. The first-order valence-corrected chi connectivity index (χ1v) is 11.2. The average Bonchev–Trinajstić information content (AvgIpc) is 2.86. The van der Waals surface area contributed by atoms with Crippen LogP contribution in [0.2, 0.25) is 0 Å². The van der Waals surface area contributed by atoms with Crippen molar-refractivity contribution in [1.82, 2.24) is 20.5 Å². The molecule has 9 nitrogen and oxygen atoms in total. The van der Waals surface area contributed by atoms with E-state index in [1.807, 2.05) is 18.2 Å². The number of nitrogens with one attached hydrogen (secondary N) is 2. The number of benzene rings is 2. The molecule has 0 radical (unpaired) electrons. The van der Waals surface area contributed by atoms with Crippen LogP contribution in [0.1, 0.15) is 24.1 Å². The number of aromatic nitrogens is 3. The minimum absolute atomic E-state index is 0.118. The number of methoxy groups -OCH3 is 2. The van der Waals surface area contributed by atoms with Crippen molar-refractivity contribution >= 4 is 5.91 Å². The summed E-state index contributed by atoms with van der Waals surface area (Å²) in [7, 11) is 3.13. The molecular weight excluding hydrogens is 436 g/mol. The highest BCUT2D eigenvalue weighted by Gasteiger charge is 2.12. The molecule has 0 saturated carbocycles. The third-order valence-electron chi connectivity index (χ3n) is 5.14. The molecule has 9 heteroatoms. The predicted molar refractivity (Wildman–Crippen MR) is 128 cm³/mol. The van der Waals surface area contributed by atoms with Crippen LogP contribution < -0.4 is 20.3 Å². The van der Waals surface area contributed by atoms with E-state index in [1.54, 1.807) is 25.3 Å². The van der Waals surface area contributed by atoms with Crippen LogP contribution in [0.4, 0.5) is 0 Å². The maximum atomic E-state index is 12.5. The second-order valence-corrected chi connectivity index (χ2v) is 7.60. The van der Waals surface area contributed by atoms with Gasteiger partial charge in [0.25, 0.3) is 5.56 Å². The summed E-state index contributed by atoms with van der Waals surface area (Å²) in [6.45, 7) is 1.43. The summed E-state index contributed by atoms with van der Waals surface area (Å²) >= 11 is 0. The van der Waals surface area contributed by atoms with Crippen molar-refractivity contribution in [3.05, 3.63) is 70.1 Å². The van der Waals surface area contributed by atoms with Gasteiger partial charge in [-0.1, -0.05) is 30.3 Å². The van der Waals surface area contributed by atoms with Gasteiger partial charge >= 0.3 is 0 Å². The second-order valence-electron chi connectivity index (χ2n) is 7.60. The van der Waals surface area contributed by atoms with Gasteiger partial charge in [0, 0.05) is 32.1 Å². The number of aromatic amines is 1. The fourth-order valence-corrected chi connectivity index (χ4v) is 3.31. The van der Waals surface area contributed by atoms with Gasteiger partial charge in [0.1, 0.15) is 12.3 Å². The van der Waals surface area contributed by atoms with Crippen molar-refractivity contribution in [2.24, 2.45) is 0 Å². The largest absolute Gasteiger partial charge is 0.493 e. The van der Waals surface area contributed by atoms with E-state index in [-0.39, 0.29) is 30.0 Å². The molecule has 0 atom stereocenters. The highest BCUT2D eigenvalue weighted by molar-refractivity contribution is 5.76. The summed E-state index contributed by atoms with van der Waals surface area (Å²) in [6, 6.07) is 15.3. The summed E-state index contributed by atoms with van der Waals surface area (Å²) in [5.41, 5.74) is 1.71. The maximum absolute atomic E-state index is 12.5. The Morgan fingerprint density at radius 1 is 1.00 bits per heavy atom. The predicted octanol–water partition coefficient (Wildman–Crippen LogP) is 2.55. The van der Waals surface area contributed by atoms with Gasteiger partial charge in [-0.25, -0.2) is 0 Å². The number of aryl methyl sites for hydroxylation is 2. The fourth-order valence-electron chi connectivity index (χ4n) is 3.31. The third-order valence-corrected chi connectivity index (χ3v) is 5.14. The van der Waals surface area contributed by atoms with Crippen LogP contribution in [-0.2, 0) is 22.4 Å². The molecule has 3 rings (SSSR count). The number of hydrogen-bond acceptors (Lipinski definition) is 7. The lowest BCUT2D eigenvalue weighted by Crippen LogP contribution is -2.26. The lowest BCUT2D eigenvalue weighted by Gasteiger charge is -2.11. The SMILES string of the molecule is COCCOc1ccc(-c2nnc(CCC(=O)NCCCc3ccccc3)c(=O)[nH]2)cc1OC. The van der Waals surface area contributed by atoms with E-state index in [0.717, 1.165) is 12.8 Å². The molecule has 0 aliphatic heterocycles. The summed E-state index contributed by atoms with van der Waals surface area (Å²) in [6.07, 6.45) is 2.13. The van der Waals surface area contributed by atoms with Crippen molar-refractivity contribution in [1.29, 1.82) is 0 Å². The Morgan fingerprint density at radius 3 is 2.56 bits per heavy atom. The number of hydrogen-bond donors (Lipinski definition) is 2. The van der Waals surface area contributed by atoms with Crippen LogP contribution in [-0.4, -0.2) is 55.1 Å². The van der Waals surface area contributed by atoms with Crippen LogP contribution in [0.5, 0.6) is 11.5 Å². The number of ether oxygens (including phenoxy) is 3. The first-order chi connectivity index (χ1) is 16.6. The molecule has 0 fully saturated rings. The minimum atomic E-state index is -0.374. The zero-order valence-electron chi connectivity index (χ0n) is 19.5. The van der Waals surface area contributed by atoms with E-state index in [4.69, 9.17) is 14.2 Å². The maximum Gasteiger partial charge on any atom is 0.273 e. The summed E-state index contributed by atoms with van der Waals surface area (Å²) in [5, 5.41) is 11.0. The molecule has 0 saturated heterocycles. The normalized spacial score (nSPS) is 10.6. The van der Waals surface area contributed by atoms with Gasteiger partial charge < -0.3 is 24.5 Å². The van der Waals surface area contributed by atoms with Crippen LogP contribution in [0.15, 0.2) is 53.3 Å². The van der Waals surface area contributed by atoms with Crippen LogP contribution in [0, 0.1) is 0 Å². The highest BCUT2D eigenvalue weighted by atomic mass is 16.5. The lowest BCUT2D eigenvalue weighted by atomic mass is 10.1. The number of H-pyrrole nitrogens is 1. The molecule has 0 bridgehead atoms. The smallest absolute Gasteiger partial charge is 0.273 e. The fraction of sp³-hybridized carbons (Fsp3) is 0.360. The van der Waals surface area contributed by atoms with Crippen LogP contribution in [0.3, 0.4) is 0 Å². The molecule has 2 N–H and O–H groups in total. The van der Waals surface area contributed by atoms with Gasteiger partial charge in [-0.05, 0) is 36.6 Å². The Morgan fingerprint density at radius 2 is 1.82 bits per heavy atom. The molecule has 2 aromatic carbocycles. The van der Waals surface area contributed by atoms with Gasteiger partial charge in [0.15, 0.2) is 17.3 Å². The molecule has 0 aliphatic rings. The minimum Gasteiger partial charge on any atom is -0.493 e. The zero-order valence-corrected chi connectivity index (χ0v) is 19.5. The number of carbonyl (C=O) groups excluding carboxylic acids is 1. The Bertz CT molecular complexity index is 1120. The molecule has 0 aliphatic carbocycles. The Labute approximate surface area is 198 Å². The third kappa shape index (κ3) is 7.41. The van der Waals surface area contributed by atoms with Crippen molar-refractivity contribution in [3.63, 3.8) is 0 Å². The van der Waals surface area contributed by atoms with Gasteiger partial charge in [-0.3, -0.25) is 9.59 Å². The molecule has 1 heterocycles. The summed E-state index contributed by atoms with van der Waals surface area (Å²) in [5.74, 6) is 1.25. The first kappa shape index (κ1) is 24.9. The summed E-state index contributed by atoms with van der Waals surface area (Å²) < 4.78 is 16.0. The molecule has 1 aromatic heterocycles. The van der Waals surface area contributed by atoms with Gasteiger partial charge in [0.2, 0.25) is 5.91 Å². The molecule has 180 valence electrons. The molecule has 0 spiro atoms. The number of nitrogens with zero attached hydrogens (tertiary/aromatic N) is 2. The van der Waals surface area contributed by atoms with Crippen LogP contribution in [0.25, 0.3) is 11.4 Å². The van der Waals surface area contributed by atoms with E-state index in [0.29, 0.717) is 42.6 Å². The molecular formula is C25H30N4O5. The van der Waals surface area contributed by atoms with E-state index < -0.39 is 0 Å². The monoisotopic (exact) mass is 466 g/mol. The van der Waals surface area contributed by atoms with Crippen molar-refractivity contribution in [2.45, 2.75) is 25.7 Å². The van der Waals surface area contributed by atoms with Gasteiger partial charge in [-0.15, -0.1) is 10.2 Å². The van der Waals surface area contributed by atoms with E-state index >= 15 is 0 Å². The number of amides is 1. The zero-order chi connectivity index (χ0) is 24.2. The van der Waals surface area contributed by atoms with E-state index in [9.17, 15) is 9.59 Å². The van der Waals surface area contributed by atoms with E-state index in [2.05, 4.69) is 32.6 Å². The molecule has 0 unspecified atom stereocenters. The number of carbonyl (C=O) groups is 1. The quantitative estimate of drug-likeness (QED) is 0.372. The highest BCUT2D eigenvalue weighted by Crippen LogP contribution is 2.31. The van der Waals surface area contributed by atoms with Crippen molar-refractivity contribution in [3.8, 4) is 22.9 Å². The van der Waals surface area contributed by atoms with Gasteiger partial charge in [-0.2, -0.15) is 0 Å². The first-order valence-electron chi connectivity index (χ1n) is 11.2.